The molecule has 0 radical (unpaired) electrons. The number of ether oxygens (including phenoxy) is 2. The second-order valence-corrected chi connectivity index (χ2v) is 9.22. The molecule has 0 saturated heterocycles. The molecule has 0 bridgehead atoms. The Hall–Kier alpha value is -0.474. The number of para-hydroxylation sites is 1. The maximum absolute atomic E-state index is 5.45. The fourth-order valence-corrected chi connectivity index (χ4v) is 2.98. The van der Waals surface area contributed by atoms with Crippen LogP contribution >= 0.6 is 0 Å². The van der Waals surface area contributed by atoms with Gasteiger partial charge in [-0.2, -0.15) is 0 Å². The van der Waals surface area contributed by atoms with Crippen LogP contribution in [-0.2, 0) is 16.0 Å². The van der Waals surface area contributed by atoms with Gasteiger partial charge in [0.1, 0.15) is 11.6 Å². The van der Waals surface area contributed by atoms with E-state index in [4.69, 9.17) is 9.73 Å². The van der Waals surface area contributed by atoms with E-state index in [1.54, 1.807) is 20.5 Å². The minimum atomic E-state index is -0.0784. The number of rotatable bonds is 8. The number of nitrogens with one attached hydrogen (secondary N) is 1. The van der Waals surface area contributed by atoms with Crippen LogP contribution in [0.3, 0.4) is 0 Å². The SMILES string of the molecule is CC(C)c1cccc(C(C)C)c1[N-]C(=[NH+]Cc1ccco1)C(C)(C)C.COCCOC.[K+]. The topological polar surface area (TPSA) is 59.7 Å². The first kappa shape index (κ1) is 31.5. The van der Waals surface area contributed by atoms with Crippen LogP contribution in [0.25, 0.3) is 5.32 Å². The quantitative estimate of drug-likeness (QED) is 0.280. The van der Waals surface area contributed by atoms with Gasteiger partial charge in [0.05, 0.1) is 31.7 Å². The summed E-state index contributed by atoms with van der Waals surface area (Å²) in [5.41, 5.74) is 3.63. The average Bonchev–Trinajstić information content (AvgIpc) is 3.22. The Morgan fingerprint density at radius 1 is 0.938 bits per heavy atom. The molecule has 5 nitrogen and oxygen atoms in total. The van der Waals surface area contributed by atoms with Crippen LogP contribution in [0.15, 0.2) is 41.0 Å². The first-order chi connectivity index (χ1) is 14.6. The zero-order chi connectivity index (χ0) is 23.4. The summed E-state index contributed by atoms with van der Waals surface area (Å²) in [6.45, 7) is 17.5. The smallest absolute Gasteiger partial charge is 0.467 e. The molecule has 1 aromatic carbocycles. The number of hydrogen-bond donors (Lipinski definition) is 1. The minimum Gasteiger partial charge on any atom is -0.467 e. The largest absolute Gasteiger partial charge is 1.00 e. The van der Waals surface area contributed by atoms with Crippen molar-refractivity contribution < 1.29 is 70.3 Å². The Morgan fingerprint density at radius 3 is 1.84 bits per heavy atom. The predicted molar refractivity (Wildman–Crippen MR) is 129 cm³/mol. The average molecular weight is 470 g/mol. The second kappa shape index (κ2) is 16.2. The van der Waals surface area contributed by atoms with E-state index in [0.717, 1.165) is 17.3 Å². The summed E-state index contributed by atoms with van der Waals surface area (Å²) in [6, 6.07) is 10.4. The van der Waals surface area contributed by atoms with Gasteiger partial charge in [-0.3, -0.25) is 0 Å². The molecule has 2 rings (SSSR count). The Kier molecular flexibility index (Phi) is 16.0. The molecule has 1 heterocycles. The standard InChI is InChI=1S/C22H31N2O.C4H10O2.K/c1-15(2)18-11-8-12-19(16(3)4)20(18)24-21(22(5,6)7)23-14-17-10-9-13-25-17;1-5-3-4-6-2;/h8-13,15-16H,14H2,1-7H3;3-4H2,1-2H3;/q-1;;+1/p+1. The van der Waals surface area contributed by atoms with Crippen molar-refractivity contribution in [1.29, 1.82) is 0 Å². The molecule has 6 heteroatoms. The monoisotopic (exact) mass is 469 g/mol. The summed E-state index contributed by atoms with van der Waals surface area (Å²) >= 11 is 0. The van der Waals surface area contributed by atoms with Gasteiger partial charge < -0.3 is 18.9 Å². The van der Waals surface area contributed by atoms with Crippen molar-refractivity contribution in [3.8, 4) is 0 Å². The van der Waals surface area contributed by atoms with E-state index in [0.29, 0.717) is 31.6 Å². The van der Waals surface area contributed by atoms with Gasteiger partial charge in [-0.05, 0) is 35.1 Å². The molecule has 1 aromatic heterocycles. The molecule has 0 aliphatic rings. The minimum absolute atomic E-state index is 0. The van der Waals surface area contributed by atoms with Crippen LogP contribution < -0.4 is 56.4 Å². The number of nitrogens with zero attached hydrogens (tertiary/aromatic N) is 1. The molecule has 174 valence electrons. The van der Waals surface area contributed by atoms with Gasteiger partial charge in [-0.15, -0.1) is 0 Å². The molecule has 0 atom stereocenters. The van der Waals surface area contributed by atoms with Gasteiger partial charge in [-0.1, -0.05) is 66.7 Å². The normalized spacial score (nSPS) is 11.8. The number of amidine groups is 1. The van der Waals surface area contributed by atoms with E-state index in [1.807, 2.05) is 12.1 Å². The molecular formula is C26H42KN2O3+. The van der Waals surface area contributed by atoms with E-state index in [1.165, 1.54) is 11.1 Å². The third-order valence-electron chi connectivity index (χ3n) is 4.78. The molecule has 32 heavy (non-hydrogen) atoms. The van der Waals surface area contributed by atoms with Crippen molar-refractivity contribution in [2.75, 3.05) is 27.4 Å². The Balaban J connectivity index is 0.00000121. The number of hydrogen-bond acceptors (Lipinski definition) is 3. The van der Waals surface area contributed by atoms with E-state index in [2.05, 4.69) is 81.1 Å². The van der Waals surface area contributed by atoms with Crippen LogP contribution in [0.1, 0.15) is 77.2 Å². The van der Waals surface area contributed by atoms with Crippen molar-refractivity contribution >= 4 is 11.5 Å². The van der Waals surface area contributed by atoms with Crippen molar-refractivity contribution in [3.05, 3.63) is 58.8 Å². The van der Waals surface area contributed by atoms with E-state index < -0.39 is 0 Å². The first-order valence-electron chi connectivity index (χ1n) is 11.1. The summed E-state index contributed by atoms with van der Waals surface area (Å²) in [5, 5.41) is 5.14. The van der Waals surface area contributed by atoms with Crippen molar-refractivity contribution in [2.24, 2.45) is 5.41 Å². The maximum Gasteiger partial charge on any atom is 1.00 e. The molecule has 0 saturated carbocycles. The van der Waals surface area contributed by atoms with Gasteiger partial charge in [0, 0.05) is 19.6 Å². The summed E-state index contributed by atoms with van der Waals surface area (Å²) in [4.78, 5) is 3.50. The second-order valence-electron chi connectivity index (χ2n) is 9.22. The number of furan rings is 1. The van der Waals surface area contributed by atoms with Crippen LogP contribution in [0.5, 0.6) is 0 Å². The van der Waals surface area contributed by atoms with Gasteiger partial charge in [0.25, 0.3) is 0 Å². The Bertz CT molecular complexity index is 749. The summed E-state index contributed by atoms with van der Waals surface area (Å²) in [6.07, 6.45) is 1.70. The van der Waals surface area contributed by atoms with E-state index in [-0.39, 0.29) is 56.8 Å². The zero-order valence-electron chi connectivity index (χ0n) is 21.9. The van der Waals surface area contributed by atoms with Gasteiger partial charge in [0.2, 0.25) is 0 Å². The van der Waals surface area contributed by atoms with Crippen LogP contribution in [-0.4, -0.2) is 33.3 Å². The van der Waals surface area contributed by atoms with Crippen molar-refractivity contribution in [2.45, 2.75) is 66.8 Å². The molecule has 0 fully saturated rings. The first-order valence-corrected chi connectivity index (χ1v) is 11.1. The van der Waals surface area contributed by atoms with E-state index in [9.17, 15) is 0 Å². The molecule has 0 aliphatic heterocycles. The third kappa shape index (κ3) is 11.1. The van der Waals surface area contributed by atoms with E-state index >= 15 is 0 Å². The summed E-state index contributed by atoms with van der Waals surface area (Å²) < 4.78 is 14.8. The molecular weight excluding hydrogens is 427 g/mol. The van der Waals surface area contributed by atoms with Crippen molar-refractivity contribution in [1.82, 2.24) is 0 Å². The molecule has 0 aliphatic carbocycles. The predicted octanol–water partition coefficient (Wildman–Crippen LogP) is 2.54. The molecule has 0 spiro atoms. The maximum atomic E-state index is 5.45. The fraction of sp³-hybridized carbons (Fsp3) is 0.577. The molecule has 0 amide bonds. The number of methoxy groups -OCH3 is 2. The number of benzene rings is 1. The fourth-order valence-electron chi connectivity index (χ4n) is 2.98. The van der Waals surface area contributed by atoms with Crippen LogP contribution in [0.2, 0.25) is 0 Å². The molecule has 2 aromatic rings. The van der Waals surface area contributed by atoms with Crippen molar-refractivity contribution in [3.63, 3.8) is 0 Å². The van der Waals surface area contributed by atoms with Crippen LogP contribution in [0, 0.1) is 5.41 Å². The summed E-state index contributed by atoms with van der Waals surface area (Å²) in [7, 11) is 3.30. The van der Waals surface area contributed by atoms with Gasteiger partial charge >= 0.3 is 51.4 Å². The Labute approximate surface area is 238 Å². The molecule has 1 N–H and O–H groups in total. The van der Waals surface area contributed by atoms with Gasteiger partial charge in [0.15, 0.2) is 0 Å². The zero-order valence-corrected chi connectivity index (χ0v) is 25.0. The molecule has 0 unspecified atom stereocenters. The Morgan fingerprint density at radius 2 is 1.47 bits per heavy atom. The van der Waals surface area contributed by atoms with Crippen LogP contribution in [0.4, 0.5) is 5.69 Å². The third-order valence-corrected chi connectivity index (χ3v) is 4.78. The summed E-state index contributed by atoms with van der Waals surface area (Å²) in [5.74, 6) is 2.77. The van der Waals surface area contributed by atoms with Gasteiger partial charge in [-0.25, -0.2) is 5.32 Å².